The number of nitrogens with one attached hydrogen (secondary N) is 1. The number of ether oxygens (including phenoxy) is 1. The van der Waals surface area contributed by atoms with Gasteiger partial charge >= 0.3 is 0 Å². The van der Waals surface area contributed by atoms with Gasteiger partial charge < -0.3 is 10.1 Å². The molecule has 3 aromatic rings. The zero-order chi connectivity index (χ0) is 18.0. The van der Waals surface area contributed by atoms with Crippen molar-refractivity contribution in [2.45, 2.75) is 32.9 Å². The maximum absolute atomic E-state index is 12.3. The van der Waals surface area contributed by atoms with Gasteiger partial charge in [-0.1, -0.05) is 15.9 Å². The first-order valence-corrected chi connectivity index (χ1v) is 8.79. The molecule has 0 saturated carbocycles. The molecular weight excluding hydrogens is 384 g/mol. The molecule has 0 unspecified atom stereocenters. The summed E-state index contributed by atoms with van der Waals surface area (Å²) in [4.78, 5) is 16.7. The summed E-state index contributed by atoms with van der Waals surface area (Å²) in [5, 5.41) is 8.04. The van der Waals surface area contributed by atoms with Gasteiger partial charge in [0.25, 0.3) is 5.91 Å². The highest BCUT2D eigenvalue weighted by Crippen LogP contribution is 2.20. The van der Waals surface area contributed by atoms with E-state index in [4.69, 9.17) is 4.74 Å². The Labute approximate surface area is 154 Å². The van der Waals surface area contributed by atoms with Crippen molar-refractivity contribution in [3.8, 4) is 5.75 Å². The average Bonchev–Trinajstić information content (AvgIpc) is 3.00. The highest BCUT2D eigenvalue weighted by Gasteiger charge is 2.16. The van der Waals surface area contributed by atoms with E-state index in [-0.39, 0.29) is 11.9 Å². The van der Waals surface area contributed by atoms with Crippen LogP contribution in [0.3, 0.4) is 0 Å². The lowest BCUT2D eigenvalue weighted by atomic mass is 10.3. The molecule has 0 fully saturated rings. The molecule has 1 amide bonds. The molecule has 7 heteroatoms. The quantitative estimate of drug-likeness (QED) is 0.694. The Morgan fingerprint density at radius 3 is 2.60 bits per heavy atom. The summed E-state index contributed by atoms with van der Waals surface area (Å²) in [6, 6.07) is 9.43. The predicted molar refractivity (Wildman–Crippen MR) is 101 cm³/mol. The number of hydrogen-bond donors (Lipinski definition) is 1. The van der Waals surface area contributed by atoms with Crippen LogP contribution in [0.15, 0.2) is 47.2 Å². The summed E-state index contributed by atoms with van der Waals surface area (Å²) in [6.45, 7) is 5.80. The molecule has 25 heavy (non-hydrogen) atoms. The van der Waals surface area contributed by atoms with Gasteiger partial charge in [0.1, 0.15) is 5.75 Å². The van der Waals surface area contributed by atoms with Crippen molar-refractivity contribution in [2.24, 2.45) is 0 Å². The minimum atomic E-state index is -0.629. The van der Waals surface area contributed by atoms with E-state index in [2.05, 4.69) is 31.3 Å². The highest BCUT2D eigenvalue weighted by molar-refractivity contribution is 9.10. The molecule has 0 aliphatic carbocycles. The summed E-state index contributed by atoms with van der Waals surface area (Å²) in [7, 11) is 0. The monoisotopic (exact) mass is 402 g/mol. The van der Waals surface area contributed by atoms with Crippen molar-refractivity contribution in [1.29, 1.82) is 0 Å². The first-order chi connectivity index (χ1) is 11.9. The highest BCUT2D eigenvalue weighted by atomic mass is 79.9. The van der Waals surface area contributed by atoms with E-state index in [0.717, 1.165) is 15.5 Å². The Balaban J connectivity index is 1.69. The largest absolute Gasteiger partial charge is 0.481 e. The zero-order valence-electron chi connectivity index (χ0n) is 14.2. The summed E-state index contributed by atoms with van der Waals surface area (Å²) >= 11 is 3.37. The molecule has 0 saturated heterocycles. The molecule has 1 atom stereocenters. The van der Waals surface area contributed by atoms with Crippen molar-refractivity contribution in [2.75, 3.05) is 5.32 Å². The maximum atomic E-state index is 12.3. The number of halogens is 1. The number of hydrogen-bond acceptors (Lipinski definition) is 4. The minimum Gasteiger partial charge on any atom is -0.481 e. The van der Waals surface area contributed by atoms with Crippen LogP contribution in [-0.4, -0.2) is 26.8 Å². The first-order valence-electron chi connectivity index (χ1n) is 8.00. The number of pyridine rings is 1. The second kappa shape index (κ2) is 7.23. The van der Waals surface area contributed by atoms with Crippen LogP contribution in [0.25, 0.3) is 11.0 Å². The molecule has 0 aliphatic rings. The van der Waals surface area contributed by atoms with Crippen molar-refractivity contribution in [3.63, 3.8) is 0 Å². The van der Waals surface area contributed by atoms with E-state index in [1.165, 1.54) is 0 Å². The number of fused-ring (bicyclic) bond motifs is 1. The number of rotatable bonds is 5. The number of carbonyl (C=O) groups is 1. The van der Waals surface area contributed by atoms with Crippen LogP contribution in [0, 0.1) is 0 Å². The van der Waals surface area contributed by atoms with Gasteiger partial charge in [-0.05, 0) is 51.1 Å². The Morgan fingerprint density at radius 1 is 1.20 bits per heavy atom. The molecule has 2 heterocycles. The van der Waals surface area contributed by atoms with Gasteiger partial charge in [-0.2, -0.15) is 5.10 Å². The van der Waals surface area contributed by atoms with E-state index in [1.54, 1.807) is 19.3 Å². The lowest BCUT2D eigenvalue weighted by Crippen LogP contribution is -2.30. The van der Waals surface area contributed by atoms with E-state index in [1.807, 2.05) is 48.9 Å². The Morgan fingerprint density at radius 2 is 1.92 bits per heavy atom. The van der Waals surface area contributed by atoms with E-state index >= 15 is 0 Å². The smallest absolute Gasteiger partial charge is 0.265 e. The Kier molecular flexibility index (Phi) is 5.03. The predicted octanol–water partition coefficient (Wildman–Crippen LogP) is 4.18. The van der Waals surface area contributed by atoms with Crippen LogP contribution < -0.4 is 10.1 Å². The van der Waals surface area contributed by atoms with Crippen LogP contribution in [0.2, 0.25) is 0 Å². The maximum Gasteiger partial charge on any atom is 0.265 e. The van der Waals surface area contributed by atoms with Gasteiger partial charge in [0.2, 0.25) is 0 Å². The molecule has 3 rings (SSSR count). The summed E-state index contributed by atoms with van der Waals surface area (Å²) < 4.78 is 8.46. The van der Waals surface area contributed by atoms with Crippen LogP contribution in [0.1, 0.15) is 26.8 Å². The van der Waals surface area contributed by atoms with Gasteiger partial charge in [0.15, 0.2) is 11.8 Å². The summed E-state index contributed by atoms with van der Waals surface area (Å²) in [6.07, 6.45) is 2.75. The van der Waals surface area contributed by atoms with E-state index < -0.39 is 6.10 Å². The molecule has 0 spiro atoms. The van der Waals surface area contributed by atoms with Crippen LogP contribution >= 0.6 is 15.9 Å². The molecular formula is C18H19BrN4O2. The number of amides is 1. The van der Waals surface area contributed by atoms with Crippen molar-refractivity contribution in [1.82, 2.24) is 14.8 Å². The third-order valence-corrected chi connectivity index (χ3v) is 4.21. The normalized spacial score (nSPS) is 12.4. The molecule has 1 aromatic carbocycles. The van der Waals surface area contributed by atoms with Gasteiger partial charge in [-0.25, -0.2) is 9.67 Å². The van der Waals surface area contributed by atoms with Crippen LogP contribution in [0.4, 0.5) is 5.69 Å². The number of benzene rings is 1. The number of aromatic nitrogens is 3. The second-order valence-electron chi connectivity index (χ2n) is 6.02. The number of carbonyl (C=O) groups excluding carboxylic acids is 1. The molecule has 6 nitrogen and oxygen atoms in total. The fourth-order valence-corrected chi connectivity index (χ4v) is 2.67. The zero-order valence-corrected chi connectivity index (χ0v) is 15.8. The molecule has 130 valence electrons. The van der Waals surface area contributed by atoms with Gasteiger partial charge in [-0.3, -0.25) is 4.79 Å². The summed E-state index contributed by atoms with van der Waals surface area (Å²) in [5.74, 6) is 0.401. The van der Waals surface area contributed by atoms with Crippen molar-refractivity contribution >= 4 is 38.6 Å². The minimum absolute atomic E-state index is 0.227. The van der Waals surface area contributed by atoms with Crippen LogP contribution in [0.5, 0.6) is 5.75 Å². The lowest BCUT2D eigenvalue weighted by Gasteiger charge is -2.15. The van der Waals surface area contributed by atoms with Gasteiger partial charge in [0.05, 0.1) is 18.1 Å². The van der Waals surface area contributed by atoms with Crippen LogP contribution in [-0.2, 0) is 4.79 Å². The van der Waals surface area contributed by atoms with Crippen molar-refractivity contribution < 1.29 is 9.53 Å². The molecule has 0 aliphatic heterocycles. The SMILES string of the molecule is CC(C)n1ncc2cc(NC(=O)[C@H](C)Oc3ccc(Br)cc3)cnc21. The fraction of sp³-hybridized carbons (Fsp3) is 0.278. The molecule has 0 bridgehead atoms. The standard InChI is InChI=1S/C18H19BrN4O2/c1-11(2)23-17-13(9-21-23)8-15(10-20-17)22-18(24)12(3)25-16-6-4-14(19)5-7-16/h4-12H,1-3H3,(H,22,24)/t12-/m0/s1. The third-order valence-electron chi connectivity index (χ3n) is 3.69. The van der Waals surface area contributed by atoms with Gasteiger partial charge in [-0.15, -0.1) is 0 Å². The first kappa shape index (κ1) is 17.4. The number of anilines is 1. The summed E-state index contributed by atoms with van der Waals surface area (Å²) in [5.41, 5.74) is 1.42. The second-order valence-corrected chi connectivity index (χ2v) is 6.94. The topological polar surface area (TPSA) is 69.0 Å². The lowest BCUT2D eigenvalue weighted by molar-refractivity contribution is -0.122. The Bertz CT molecular complexity index is 890. The van der Waals surface area contributed by atoms with E-state index in [0.29, 0.717) is 11.4 Å². The van der Waals surface area contributed by atoms with Crippen molar-refractivity contribution in [3.05, 3.63) is 47.2 Å². The Hall–Kier alpha value is -2.41. The molecule has 2 aromatic heterocycles. The molecule has 0 radical (unpaired) electrons. The molecule has 1 N–H and O–H groups in total. The number of nitrogens with zero attached hydrogens (tertiary/aromatic N) is 3. The third kappa shape index (κ3) is 3.99. The fourth-order valence-electron chi connectivity index (χ4n) is 2.40. The van der Waals surface area contributed by atoms with E-state index in [9.17, 15) is 4.79 Å². The van der Waals surface area contributed by atoms with Gasteiger partial charge in [0, 0.05) is 15.9 Å². The average molecular weight is 403 g/mol.